The summed E-state index contributed by atoms with van der Waals surface area (Å²) in [7, 11) is -3.63. The molecule has 0 aliphatic heterocycles. The highest BCUT2D eigenvalue weighted by Crippen LogP contribution is 2.25. The van der Waals surface area contributed by atoms with Crippen LogP contribution in [0.5, 0.6) is 0 Å². The zero-order valence-corrected chi connectivity index (χ0v) is 14.5. The van der Waals surface area contributed by atoms with E-state index in [1.165, 1.54) is 0 Å². The minimum atomic E-state index is -3.63. The minimum Gasteiger partial charge on any atom is -0.441 e. The van der Waals surface area contributed by atoms with E-state index in [1.54, 1.807) is 42.5 Å². The quantitative estimate of drug-likeness (QED) is 0.776. The van der Waals surface area contributed by atoms with Gasteiger partial charge in [-0.25, -0.2) is 13.4 Å². The van der Waals surface area contributed by atoms with E-state index in [9.17, 15) is 8.42 Å². The molecule has 124 valence electrons. The Hall–Kier alpha value is -2.60. The lowest BCUT2D eigenvalue weighted by Gasteiger charge is -2.09. The van der Waals surface area contributed by atoms with E-state index in [-0.39, 0.29) is 4.90 Å². The molecule has 2 aromatic carbocycles. The summed E-state index contributed by atoms with van der Waals surface area (Å²) in [6.07, 6.45) is 0. The third-order valence-electron chi connectivity index (χ3n) is 3.72. The highest BCUT2D eigenvalue weighted by Gasteiger charge is 2.15. The topological polar surface area (TPSA) is 72.2 Å². The fourth-order valence-electron chi connectivity index (χ4n) is 2.24. The zero-order valence-electron chi connectivity index (χ0n) is 13.7. The number of rotatable bonds is 4. The third kappa shape index (κ3) is 3.33. The van der Waals surface area contributed by atoms with Gasteiger partial charge in [0, 0.05) is 11.3 Å². The number of aryl methyl sites for hydroxylation is 3. The van der Waals surface area contributed by atoms with E-state index in [0.29, 0.717) is 11.6 Å². The number of nitrogens with zero attached hydrogens (tertiary/aromatic N) is 1. The van der Waals surface area contributed by atoms with Crippen molar-refractivity contribution in [1.29, 1.82) is 0 Å². The number of aromatic nitrogens is 1. The Labute approximate surface area is 141 Å². The van der Waals surface area contributed by atoms with Crippen molar-refractivity contribution >= 4 is 15.7 Å². The van der Waals surface area contributed by atoms with Crippen LogP contribution in [-0.2, 0) is 10.0 Å². The highest BCUT2D eigenvalue weighted by molar-refractivity contribution is 7.92. The molecular formula is C18H18N2O3S. The molecule has 0 saturated heterocycles. The Morgan fingerprint density at radius 2 is 1.71 bits per heavy atom. The van der Waals surface area contributed by atoms with E-state index in [2.05, 4.69) is 9.71 Å². The van der Waals surface area contributed by atoms with Crippen molar-refractivity contribution in [2.75, 3.05) is 4.72 Å². The van der Waals surface area contributed by atoms with E-state index < -0.39 is 10.0 Å². The first-order valence-electron chi connectivity index (χ1n) is 7.49. The molecule has 6 heteroatoms. The van der Waals surface area contributed by atoms with Crippen LogP contribution in [-0.4, -0.2) is 13.4 Å². The summed E-state index contributed by atoms with van der Waals surface area (Å²) in [5.74, 6) is 1.22. The number of nitrogens with one attached hydrogen (secondary N) is 1. The molecule has 5 nitrogen and oxygen atoms in total. The molecule has 0 aliphatic rings. The van der Waals surface area contributed by atoms with Crippen LogP contribution in [0.4, 0.5) is 5.69 Å². The van der Waals surface area contributed by atoms with Crippen molar-refractivity contribution in [3.63, 3.8) is 0 Å². The van der Waals surface area contributed by atoms with Crippen LogP contribution in [0, 0.1) is 20.8 Å². The van der Waals surface area contributed by atoms with Gasteiger partial charge < -0.3 is 4.42 Å². The van der Waals surface area contributed by atoms with Gasteiger partial charge in [-0.3, -0.25) is 4.72 Å². The lowest BCUT2D eigenvalue weighted by atomic mass is 10.2. The normalized spacial score (nSPS) is 11.5. The standard InChI is InChI=1S/C18H18N2O3S/c1-12-7-9-17(10-8-12)24(21,22)20-16-6-4-5-15(11-16)18-19-13(2)14(3)23-18/h4-11,20H,1-3H3. The molecule has 1 heterocycles. The molecule has 0 atom stereocenters. The van der Waals surface area contributed by atoms with Gasteiger partial charge in [0.1, 0.15) is 5.76 Å². The molecular weight excluding hydrogens is 324 g/mol. The number of oxazole rings is 1. The summed E-state index contributed by atoms with van der Waals surface area (Å²) in [5.41, 5.74) is 3.00. The minimum absolute atomic E-state index is 0.223. The molecule has 0 bridgehead atoms. The van der Waals surface area contributed by atoms with E-state index in [1.807, 2.05) is 26.8 Å². The summed E-state index contributed by atoms with van der Waals surface area (Å²) in [4.78, 5) is 4.57. The maximum absolute atomic E-state index is 12.5. The van der Waals surface area contributed by atoms with Gasteiger partial charge in [0.15, 0.2) is 0 Å². The van der Waals surface area contributed by atoms with Crippen molar-refractivity contribution < 1.29 is 12.8 Å². The first kappa shape index (κ1) is 16.3. The van der Waals surface area contributed by atoms with Crippen LogP contribution in [0.15, 0.2) is 57.8 Å². The summed E-state index contributed by atoms with van der Waals surface area (Å²) in [6.45, 7) is 5.62. The van der Waals surface area contributed by atoms with Gasteiger partial charge in [-0.15, -0.1) is 0 Å². The van der Waals surface area contributed by atoms with Crippen LogP contribution in [0.2, 0.25) is 0 Å². The van der Waals surface area contributed by atoms with Gasteiger partial charge in [0.2, 0.25) is 5.89 Å². The number of anilines is 1. The van der Waals surface area contributed by atoms with Crippen LogP contribution in [0.25, 0.3) is 11.5 Å². The van der Waals surface area contributed by atoms with Crippen LogP contribution < -0.4 is 4.72 Å². The molecule has 0 saturated carbocycles. The lowest BCUT2D eigenvalue weighted by molar-refractivity contribution is 0.541. The monoisotopic (exact) mass is 342 g/mol. The Bertz CT molecular complexity index is 954. The van der Waals surface area contributed by atoms with E-state index in [0.717, 1.165) is 22.6 Å². The molecule has 0 radical (unpaired) electrons. The predicted molar refractivity (Wildman–Crippen MR) is 93.4 cm³/mol. The average molecular weight is 342 g/mol. The van der Waals surface area contributed by atoms with Gasteiger partial charge in [-0.2, -0.15) is 0 Å². The highest BCUT2D eigenvalue weighted by atomic mass is 32.2. The lowest BCUT2D eigenvalue weighted by Crippen LogP contribution is -2.12. The van der Waals surface area contributed by atoms with Gasteiger partial charge in [0.25, 0.3) is 10.0 Å². The number of hydrogen-bond donors (Lipinski definition) is 1. The van der Waals surface area contributed by atoms with Crippen molar-refractivity contribution in [2.45, 2.75) is 25.7 Å². The van der Waals surface area contributed by atoms with E-state index in [4.69, 9.17) is 4.42 Å². The van der Waals surface area contributed by atoms with Crippen LogP contribution in [0.1, 0.15) is 17.0 Å². The maximum Gasteiger partial charge on any atom is 0.261 e. The number of hydrogen-bond acceptors (Lipinski definition) is 4. The average Bonchev–Trinajstić information content (AvgIpc) is 2.87. The summed E-state index contributed by atoms with van der Waals surface area (Å²) in [6, 6.07) is 13.7. The Morgan fingerprint density at radius 3 is 2.33 bits per heavy atom. The third-order valence-corrected chi connectivity index (χ3v) is 5.12. The molecule has 0 unspecified atom stereocenters. The van der Waals surface area contributed by atoms with Gasteiger partial charge in [-0.1, -0.05) is 23.8 Å². The fourth-order valence-corrected chi connectivity index (χ4v) is 3.29. The van der Waals surface area contributed by atoms with Crippen LogP contribution in [0.3, 0.4) is 0 Å². The zero-order chi connectivity index (χ0) is 17.3. The predicted octanol–water partition coefficient (Wildman–Crippen LogP) is 4.07. The Morgan fingerprint density at radius 1 is 1.00 bits per heavy atom. The molecule has 1 aromatic heterocycles. The molecule has 3 rings (SSSR count). The van der Waals surface area contributed by atoms with Gasteiger partial charge >= 0.3 is 0 Å². The second-order valence-electron chi connectivity index (χ2n) is 5.66. The number of sulfonamides is 1. The Balaban J connectivity index is 1.90. The smallest absolute Gasteiger partial charge is 0.261 e. The molecule has 0 fully saturated rings. The number of benzene rings is 2. The molecule has 0 amide bonds. The molecule has 24 heavy (non-hydrogen) atoms. The molecule has 3 aromatic rings. The SMILES string of the molecule is Cc1ccc(S(=O)(=O)Nc2cccc(-c3nc(C)c(C)o3)c2)cc1. The Kier molecular flexibility index (Phi) is 4.15. The van der Waals surface area contributed by atoms with Gasteiger partial charge in [0.05, 0.1) is 10.6 Å². The first-order chi connectivity index (χ1) is 11.3. The first-order valence-corrected chi connectivity index (χ1v) is 8.97. The van der Waals surface area contributed by atoms with E-state index >= 15 is 0 Å². The summed E-state index contributed by atoms with van der Waals surface area (Å²) < 4.78 is 33.1. The molecule has 0 aliphatic carbocycles. The second kappa shape index (κ2) is 6.13. The van der Waals surface area contributed by atoms with Crippen molar-refractivity contribution in [2.24, 2.45) is 0 Å². The summed E-state index contributed by atoms with van der Waals surface area (Å²) >= 11 is 0. The van der Waals surface area contributed by atoms with Crippen molar-refractivity contribution in [3.8, 4) is 11.5 Å². The van der Waals surface area contributed by atoms with Crippen LogP contribution >= 0.6 is 0 Å². The second-order valence-corrected chi connectivity index (χ2v) is 7.34. The summed E-state index contributed by atoms with van der Waals surface area (Å²) in [5, 5.41) is 0. The maximum atomic E-state index is 12.5. The molecule has 1 N–H and O–H groups in total. The van der Waals surface area contributed by atoms with Gasteiger partial charge in [-0.05, 0) is 51.1 Å². The van der Waals surface area contributed by atoms with Crippen molar-refractivity contribution in [1.82, 2.24) is 4.98 Å². The molecule has 0 spiro atoms. The fraction of sp³-hybridized carbons (Fsp3) is 0.167. The van der Waals surface area contributed by atoms with Crippen molar-refractivity contribution in [3.05, 3.63) is 65.5 Å². The largest absolute Gasteiger partial charge is 0.441 e.